The Labute approximate surface area is 125 Å². The van der Waals surface area contributed by atoms with Gasteiger partial charge in [0, 0.05) is 12.7 Å². The highest BCUT2D eigenvalue weighted by Crippen LogP contribution is 2.23. The van der Waals surface area contributed by atoms with Crippen LogP contribution in [-0.2, 0) is 11.3 Å². The largest absolute Gasteiger partial charge is 0.439 e. The van der Waals surface area contributed by atoms with Gasteiger partial charge in [0.2, 0.25) is 5.88 Å². The van der Waals surface area contributed by atoms with E-state index >= 15 is 0 Å². The van der Waals surface area contributed by atoms with Gasteiger partial charge in [0.05, 0.1) is 0 Å². The quantitative estimate of drug-likeness (QED) is 0.880. The summed E-state index contributed by atoms with van der Waals surface area (Å²) in [5, 5.41) is 0. The minimum Gasteiger partial charge on any atom is -0.439 e. The van der Waals surface area contributed by atoms with E-state index in [9.17, 15) is 0 Å². The second-order valence-corrected chi connectivity index (χ2v) is 5.01. The molecule has 0 aliphatic carbocycles. The lowest BCUT2D eigenvalue weighted by molar-refractivity contribution is 0.128. The van der Waals surface area contributed by atoms with Gasteiger partial charge >= 0.3 is 0 Å². The molecule has 1 heterocycles. The molecular weight excluding hydrogens is 266 g/mol. The zero-order valence-electron chi connectivity index (χ0n) is 12.7. The predicted molar refractivity (Wildman–Crippen MR) is 82.4 cm³/mol. The van der Waals surface area contributed by atoms with Gasteiger partial charge in [0.1, 0.15) is 18.2 Å². The average Bonchev–Trinajstić information content (AvgIpc) is 2.45. The molecule has 0 radical (unpaired) electrons. The fraction of sp³-hybridized carbons (Fsp3) is 0.375. The van der Waals surface area contributed by atoms with Crippen LogP contribution in [0.5, 0.6) is 11.6 Å². The summed E-state index contributed by atoms with van der Waals surface area (Å²) < 4.78 is 11.0. The topological polar surface area (TPSA) is 70.3 Å². The molecule has 5 heteroatoms. The van der Waals surface area contributed by atoms with Crippen LogP contribution in [-0.4, -0.2) is 16.6 Å². The van der Waals surface area contributed by atoms with Crippen LogP contribution < -0.4 is 10.5 Å². The lowest BCUT2D eigenvalue weighted by Crippen LogP contribution is -2.03. The Balaban J connectivity index is 2.12. The average molecular weight is 287 g/mol. The number of anilines is 1. The molecule has 0 amide bonds. The van der Waals surface area contributed by atoms with Crippen LogP contribution in [0.2, 0.25) is 0 Å². The molecule has 112 valence electrons. The highest BCUT2D eigenvalue weighted by molar-refractivity contribution is 5.36. The molecule has 2 N–H and O–H groups in total. The smallest absolute Gasteiger partial charge is 0.224 e. The molecule has 5 nitrogen and oxygen atoms in total. The number of aromatic nitrogens is 2. The molecule has 0 aliphatic heterocycles. The van der Waals surface area contributed by atoms with E-state index in [1.807, 2.05) is 31.2 Å². The van der Waals surface area contributed by atoms with E-state index in [1.165, 1.54) is 5.56 Å². The fourth-order valence-corrected chi connectivity index (χ4v) is 1.84. The third-order valence-electron chi connectivity index (χ3n) is 2.97. The lowest BCUT2D eigenvalue weighted by atomic mass is 10.0. The van der Waals surface area contributed by atoms with E-state index in [1.54, 1.807) is 6.07 Å². The summed E-state index contributed by atoms with van der Waals surface area (Å²) in [6.45, 7) is 7.15. The van der Waals surface area contributed by atoms with E-state index in [4.69, 9.17) is 15.2 Å². The Morgan fingerprint density at radius 1 is 1.14 bits per heavy atom. The molecule has 0 saturated heterocycles. The normalized spacial score (nSPS) is 10.9. The van der Waals surface area contributed by atoms with Crippen LogP contribution in [0.15, 0.2) is 30.3 Å². The molecule has 0 unspecified atom stereocenters. The molecule has 1 aromatic carbocycles. The second kappa shape index (κ2) is 7.04. The first-order valence-corrected chi connectivity index (χ1v) is 7.07. The number of rotatable bonds is 6. The van der Waals surface area contributed by atoms with Crippen LogP contribution in [0.4, 0.5) is 5.82 Å². The summed E-state index contributed by atoms with van der Waals surface area (Å²) in [6, 6.07) is 9.55. The molecule has 0 spiro atoms. The minimum absolute atomic E-state index is 0.324. The maximum atomic E-state index is 5.76. The standard InChI is InChI=1S/C16H21N3O2/c1-4-20-10-15-18-14(17)9-16(19-15)21-13-7-5-12(6-8-13)11(2)3/h5-9,11H,4,10H2,1-3H3,(H2,17,18,19). The molecule has 0 aliphatic rings. The van der Waals surface area contributed by atoms with Gasteiger partial charge in [-0.25, -0.2) is 4.98 Å². The first-order chi connectivity index (χ1) is 10.1. The molecule has 0 saturated carbocycles. The molecule has 0 bridgehead atoms. The van der Waals surface area contributed by atoms with Crippen molar-refractivity contribution in [2.75, 3.05) is 12.3 Å². The summed E-state index contributed by atoms with van der Waals surface area (Å²) in [6.07, 6.45) is 0. The summed E-state index contributed by atoms with van der Waals surface area (Å²) in [7, 11) is 0. The number of nitrogens with two attached hydrogens (primary N) is 1. The maximum Gasteiger partial charge on any atom is 0.224 e. The van der Waals surface area contributed by atoms with Crippen molar-refractivity contribution in [3.05, 3.63) is 41.7 Å². The Kier molecular flexibility index (Phi) is 5.11. The van der Waals surface area contributed by atoms with Crippen molar-refractivity contribution in [3.63, 3.8) is 0 Å². The molecule has 2 aromatic rings. The first kappa shape index (κ1) is 15.3. The predicted octanol–water partition coefficient (Wildman–Crippen LogP) is 3.51. The van der Waals surface area contributed by atoms with Crippen molar-refractivity contribution < 1.29 is 9.47 Å². The van der Waals surface area contributed by atoms with Crippen molar-refractivity contribution in [2.24, 2.45) is 0 Å². The number of hydrogen-bond acceptors (Lipinski definition) is 5. The monoisotopic (exact) mass is 287 g/mol. The summed E-state index contributed by atoms with van der Waals surface area (Å²) in [4.78, 5) is 8.40. The van der Waals surface area contributed by atoms with Gasteiger partial charge in [-0.05, 0) is 30.5 Å². The number of nitrogen functional groups attached to an aromatic ring is 1. The molecule has 2 rings (SSSR count). The van der Waals surface area contributed by atoms with E-state index in [-0.39, 0.29) is 0 Å². The molecule has 0 atom stereocenters. The van der Waals surface area contributed by atoms with Gasteiger partial charge in [0.15, 0.2) is 5.82 Å². The van der Waals surface area contributed by atoms with E-state index in [0.717, 1.165) is 5.75 Å². The summed E-state index contributed by atoms with van der Waals surface area (Å²) in [5.74, 6) is 2.53. The van der Waals surface area contributed by atoms with Crippen molar-refractivity contribution in [2.45, 2.75) is 33.3 Å². The number of ether oxygens (including phenoxy) is 2. The van der Waals surface area contributed by atoms with Gasteiger partial charge in [0.25, 0.3) is 0 Å². The van der Waals surface area contributed by atoms with Crippen LogP contribution in [0.1, 0.15) is 38.1 Å². The fourth-order valence-electron chi connectivity index (χ4n) is 1.84. The number of hydrogen-bond donors (Lipinski definition) is 1. The van der Waals surface area contributed by atoms with Crippen molar-refractivity contribution in [3.8, 4) is 11.6 Å². The van der Waals surface area contributed by atoms with Crippen LogP contribution in [0.3, 0.4) is 0 Å². The Morgan fingerprint density at radius 3 is 2.48 bits per heavy atom. The Hall–Kier alpha value is -2.14. The lowest BCUT2D eigenvalue weighted by Gasteiger charge is -2.09. The van der Waals surface area contributed by atoms with E-state index in [0.29, 0.717) is 36.7 Å². The Bertz CT molecular complexity index is 583. The van der Waals surface area contributed by atoms with Gasteiger partial charge in [-0.3, -0.25) is 0 Å². The number of nitrogens with zero attached hydrogens (tertiary/aromatic N) is 2. The second-order valence-electron chi connectivity index (χ2n) is 5.01. The zero-order valence-corrected chi connectivity index (χ0v) is 12.7. The third kappa shape index (κ3) is 4.43. The van der Waals surface area contributed by atoms with Crippen molar-refractivity contribution in [1.29, 1.82) is 0 Å². The SMILES string of the molecule is CCOCc1nc(N)cc(Oc2ccc(C(C)C)cc2)n1. The minimum atomic E-state index is 0.324. The molecule has 1 aromatic heterocycles. The summed E-state index contributed by atoms with van der Waals surface area (Å²) >= 11 is 0. The van der Waals surface area contributed by atoms with Gasteiger partial charge in [-0.2, -0.15) is 4.98 Å². The van der Waals surface area contributed by atoms with Gasteiger partial charge in [-0.1, -0.05) is 26.0 Å². The van der Waals surface area contributed by atoms with Crippen LogP contribution in [0.25, 0.3) is 0 Å². The highest BCUT2D eigenvalue weighted by atomic mass is 16.5. The van der Waals surface area contributed by atoms with Crippen LogP contribution >= 0.6 is 0 Å². The third-order valence-corrected chi connectivity index (χ3v) is 2.97. The van der Waals surface area contributed by atoms with Crippen molar-refractivity contribution in [1.82, 2.24) is 9.97 Å². The van der Waals surface area contributed by atoms with Gasteiger partial charge in [-0.15, -0.1) is 0 Å². The maximum absolute atomic E-state index is 5.76. The Morgan fingerprint density at radius 2 is 1.86 bits per heavy atom. The highest BCUT2D eigenvalue weighted by Gasteiger charge is 2.06. The molecular formula is C16H21N3O2. The van der Waals surface area contributed by atoms with E-state index in [2.05, 4.69) is 23.8 Å². The van der Waals surface area contributed by atoms with Gasteiger partial charge < -0.3 is 15.2 Å². The zero-order chi connectivity index (χ0) is 15.2. The summed E-state index contributed by atoms with van der Waals surface area (Å²) in [5.41, 5.74) is 7.03. The molecule has 21 heavy (non-hydrogen) atoms. The van der Waals surface area contributed by atoms with Crippen molar-refractivity contribution >= 4 is 5.82 Å². The van der Waals surface area contributed by atoms with E-state index < -0.39 is 0 Å². The first-order valence-electron chi connectivity index (χ1n) is 7.07. The molecule has 0 fully saturated rings. The van der Waals surface area contributed by atoms with Crippen LogP contribution in [0, 0.1) is 0 Å². The number of benzene rings is 1.